The molecule has 0 spiro atoms. The number of carbonyl (C=O) groups is 2. The lowest BCUT2D eigenvalue weighted by molar-refractivity contribution is -0.311. The van der Waals surface area contributed by atoms with Gasteiger partial charge in [-0.2, -0.15) is 0 Å². The third-order valence-electron chi connectivity index (χ3n) is 13.1. The van der Waals surface area contributed by atoms with E-state index in [2.05, 4.69) is 57.1 Å². The first kappa shape index (κ1) is 40.7. The number of hydrogen-bond acceptors (Lipinski definition) is 11. The molecule has 0 aromatic heterocycles. The van der Waals surface area contributed by atoms with Crippen LogP contribution in [-0.4, -0.2) is 118 Å². The molecule has 3 saturated heterocycles. The third-order valence-corrected chi connectivity index (χ3v) is 13.1. The molecule has 3 aliphatic carbocycles. The fourth-order valence-corrected chi connectivity index (χ4v) is 10.3. The van der Waals surface area contributed by atoms with Gasteiger partial charge in [0.05, 0.1) is 30.8 Å². The quantitative estimate of drug-likeness (QED) is 0.242. The summed E-state index contributed by atoms with van der Waals surface area (Å²) in [4.78, 5) is 30.5. The number of esters is 1. The maximum absolute atomic E-state index is 14.7. The van der Waals surface area contributed by atoms with Crippen LogP contribution < -0.4 is 0 Å². The second-order valence-corrected chi connectivity index (χ2v) is 16.6. The molecule has 3 heterocycles. The molecule has 11 heteroatoms. The Bertz CT molecular complexity index is 1350. The lowest BCUT2D eigenvalue weighted by Gasteiger charge is -2.42. The Morgan fingerprint density at radius 3 is 2.40 bits per heavy atom. The van der Waals surface area contributed by atoms with E-state index in [-0.39, 0.29) is 84.6 Å². The van der Waals surface area contributed by atoms with Crippen LogP contribution in [-0.2, 0) is 42.7 Å². The van der Waals surface area contributed by atoms with Gasteiger partial charge in [-0.25, -0.2) is 0 Å². The number of hydrogen-bond donors (Lipinski definition) is 1. The Balaban J connectivity index is 1.22. The number of aliphatic hydroxyl groups is 1. The molecule has 17 atom stereocenters. The van der Waals surface area contributed by atoms with Gasteiger partial charge in [0.2, 0.25) is 0 Å². The highest BCUT2D eigenvalue weighted by atomic mass is 16.7. The van der Waals surface area contributed by atoms with Gasteiger partial charge in [0, 0.05) is 32.1 Å². The Morgan fingerprint density at radius 1 is 0.925 bits per heavy atom. The van der Waals surface area contributed by atoms with Gasteiger partial charge in [-0.1, -0.05) is 38.2 Å². The molecule has 6 rings (SSSR count). The summed E-state index contributed by atoms with van der Waals surface area (Å²) < 4.78 is 43.1. The first-order chi connectivity index (χ1) is 25.4. The number of likely N-dealkylation sites (N-methyl/N-ethyl adjacent to an activating group) is 1. The molecular formula is C42H65NO10. The largest absolute Gasteiger partial charge is 0.458 e. The van der Waals surface area contributed by atoms with Crippen LogP contribution in [0, 0.1) is 35.5 Å². The van der Waals surface area contributed by atoms with Gasteiger partial charge in [0.25, 0.3) is 0 Å². The number of ether oxygens (including phenoxy) is 7. The monoisotopic (exact) mass is 743 g/mol. The van der Waals surface area contributed by atoms with Gasteiger partial charge in [-0.3, -0.25) is 9.59 Å². The van der Waals surface area contributed by atoms with Crippen LogP contribution in [0.1, 0.15) is 85.5 Å². The summed E-state index contributed by atoms with van der Waals surface area (Å²) in [5.74, 6) is -0.284. The first-order valence-corrected chi connectivity index (χ1v) is 20.3. The van der Waals surface area contributed by atoms with Crippen molar-refractivity contribution in [2.45, 2.75) is 153 Å². The minimum Gasteiger partial charge on any atom is -0.458 e. The van der Waals surface area contributed by atoms with Crippen molar-refractivity contribution in [2.75, 3.05) is 28.3 Å². The van der Waals surface area contributed by atoms with E-state index in [0.29, 0.717) is 18.9 Å². The number of cyclic esters (lactones) is 1. The van der Waals surface area contributed by atoms with Crippen molar-refractivity contribution in [1.29, 1.82) is 0 Å². The van der Waals surface area contributed by atoms with Crippen molar-refractivity contribution in [3.63, 3.8) is 0 Å². The van der Waals surface area contributed by atoms with Crippen LogP contribution in [0.15, 0.2) is 36.0 Å². The SMILES string of the molecule is CCC=C[C@H]1CCC[C@H](OC2CC[C@H](N(C)C)[C@@H](C)O2)[C@@H](C)C(=O)C2=CC3C(C=CC4C[C@H](O[C@H]5O[C@@H](C)[C@H](OC)[C@@H](O)[C@H]5OC)CC43)C2CC(=O)O1. The van der Waals surface area contributed by atoms with Crippen molar-refractivity contribution in [3.05, 3.63) is 36.0 Å². The van der Waals surface area contributed by atoms with Gasteiger partial charge in [-0.15, -0.1) is 0 Å². The molecule has 4 fully saturated rings. The van der Waals surface area contributed by atoms with E-state index < -0.39 is 30.5 Å². The highest BCUT2D eigenvalue weighted by molar-refractivity contribution is 5.99. The minimum atomic E-state index is -0.885. The fraction of sp³-hybridized carbons (Fsp3) is 0.810. The molecule has 0 aromatic rings. The molecule has 0 aromatic carbocycles. The molecule has 3 aliphatic heterocycles. The molecule has 1 saturated carbocycles. The number of carbonyl (C=O) groups excluding carboxylic acids is 2. The Hall–Kier alpha value is -1.96. The number of allylic oxidation sites excluding steroid dienone is 5. The van der Waals surface area contributed by atoms with Crippen molar-refractivity contribution < 1.29 is 47.9 Å². The van der Waals surface area contributed by atoms with E-state index in [1.54, 1.807) is 14.2 Å². The van der Waals surface area contributed by atoms with Crippen LogP contribution >= 0.6 is 0 Å². The molecule has 1 N–H and O–H groups in total. The molecular weight excluding hydrogens is 678 g/mol. The molecule has 0 radical (unpaired) electrons. The van der Waals surface area contributed by atoms with Crippen LogP contribution in [0.4, 0.5) is 0 Å². The van der Waals surface area contributed by atoms with E-state index in [4.69, 9.17) is 33.2 Å². The zero-order chi connectivity index (χ0) is 38.0. The Morgan fingerprint density at radius 2 is 1.70 bits per heavy atom. The lowest BCUT2D eigenvalue weighted by atomic mass is 9.70. The van der Waals surface area contributed by atoms with Crippen LogP contribution in [0.2, 0.25) is 0 Å². The second-order valence-electron chi connectivity index (χ2n) is 16.6. The summed E-state index contributed by atoms with van der Waals surface area (Å²) in [7, 11) is 7.27. The highest BCUT2D eigenvalue weighted by Gasteiger charge is 2.52. The molecule has 0 amide bonds. The maximum Gasteiger partial charge on any atom is 0.307 e. The smallest absolute Gasteiger partial charge is 0.307 e. The summed E-state index contributed by atoms with van der Waals surface area (Å²) in [5, 5.41) is 11.0. The van der Waals surface area contributed by atoms with Gasteiger partial charge in [0.1, 0.15) is 24.4 Å². The fourth-order valence-electron chi connectivity index (χ4n) is 10.3. The van der Waals surface area contributed by atoms with Gasteiger partial charge >= 0.3 is 5.97 Å². The number of ketones is 1. The topological polar surface area (TPSA) is 122 Å². The predicted molar refractivity (Wildman–Crippen MR) is 199 cm³/mol. The lowest BCUT2D eigenvalue weighted by Crippen LogP contribution is -2.59. The summed E-state index contributed by atoms with van der Waals surface area (Å²) in [5.41, 5.74) is 0.733. The molecule has 0 bridgehead atoms. The van der Waals surface area contributed by atoms with E-state index in [9.17, 15) is 14.7 Å². The molecule has 11 nitrogen and oxygen atoms in total. The van der Waals surface area contributed by atoms with Gasteiger partial charge < -0.3 is 43.2 Å². The van der Waals surface area contributed by atoms with Crippen molar-refractivity contribution >= 4 is 11.8 Å². The number of rotatable bonds is 9. The van der Waals surface area contributed by atoms with E-state index in [1.165, 1.54) is 0 Å². The van der Waals surface area contributed by atoms with Gasteiger partial charge in [0.15, 0.2) is 18.4 Å². The third kappa shape index (κ3) is 8.88. The summed E-state index contributed by atoms with van der Waals surface area (Å²) in [6.07, 6.45) is 12.9. The average Bonchev–Trinajstić information content (AvgIpc) is 3.70. The molecule has 6 unspecified atom stereocenters. The zero-order valence-electron chi connectivity index (χ0n) is 33.1. The number of methoxy groups -OCH3 is 2. The Kier molecular flexibility index (Phi) is 13.7. The number of nitrogens with zero attached hydrogens (tertiary/aromatic N) is 1. The number of Topliss-reactive ketones (excluding diaryl/α,β-unsaturated/α-hetero) is 1. The van der Waals surface area contributed by atoms with Crippen LogP contribution in [0.25, 0.3) is 0 Å². The summed E-state index contributed by atoms with van der Waals surface area (Å²) in [6.45, 7) is 8.05. The normalized spacial score (nSPS) is 45.2. The minimum absolute atomic E-state index is 0.00750. The highest BCUT2D eigenvalue weighted by Crippen LogP contribution is 2.54. The standard InChI is InChI=1S/C42H65NO10/c1-9-10-12-27-13-11-14-35(53-37-18-17-34(43(5)6)24(3)49-37)23(2)38(45)33-21-31-29(32(33)22-36(44)51-27)16-15-26-19-28(20-30(26)31)52-42-41(48-8)39(46)40(47-7)25(4)50-42/h10,12,15-16,21,23-32,34-35,37,39-42,46H,9,11,13-14,17-20,22H2,1-8H3/t23-,24-,25+,26?,27+,28+,29?,30?,31?,32?,34+,35+,37?,39-,40+,41-,42-/m1/s1. The second kappa shape index (κ2) is 17.9. The summed E-state index contributed by atoms with van der Waals surface area (Å²) >= 11 is 0. The Labute approximate surface area is 316 Å². The van der Waals surface area contributed by atoms with E-state index >= 15 is 0 Å². The van der Waals surface area contributed by atoms with Crippen LogP contribution in [0.3, 0.4) is 0 Å². The number of fused-ring (bicyclic) bond motifs is 5. The average molecular weight is 744 g/mol. The molecule has 298 valence electrons. The summed E-state index contributed by atoms with van der Waals surface area (Å²) in [6, 6.07) is 0.325. The first-order valence-electron chi connectivity index (χ1n) is 20.3. The van der Waals surface area contributed by atoms with Crippen LogP contribution in [0.5, 0.6) is 0 Å². The zero-order valence-corrected chi connectivity index (χ0v) is 33.1. The predicted octanol–water partition coefficient (Wildman–Crippen LogP) is 5.39. The van der Waals surface area contributed by atoms with E-state index in [0.717, 1.165) is 44.1 Å². The molecule has 53 heavy (non-hydrogen) atoms. The van der Waals surface area contributed by atoms with Crippen molar-refractivity contribution in [2.24, 2.45) is 35.5 Å². The van der Waals surface area contributed by atoms with Gasteiger partial charge in [-0.05, 0) is 115 Å². The van der Waals surface area contributed by atoms with Crippen molar-refractivity contribution in [3.8, 4) is 0 Å². The van der Waals surface area contributed by atoms with Crippen molar-refractivity contribution in [1.82, 2.24) is 4.90 Å². The number of aliphatic hydroxyl groups excluding tert-OH is 1. The molecule has 6 aliphatic rings. The maximum atomic E-state index is 14.7. The van der Waals surface area contributed by atoms with E-state index in [1.807, 2.05) is 19.9 Å².